The Morgan fingerprint density at radius 1 is 1.24 bits per heavy atom. The molecular formula is C21H21ClO7. The van der Waals surface area contributed by atoms with Gasteiger partial charge in [0, 0.05) is 10.6 Å². The Balaban J connectivity index is 1.72. The fraction of sp³-hybridized carbons (Fsp3) is 0.381. The van der Waals surface area contributed by atoms with E-state index in [1.54, 1.807) is 19.2 Å². The molecule has 0 aliphatic carbocycles. The predicted molar refractivity (Wildman–Crippen MR) is 103 cm³/mol. The molecule has 0 saturated carbocycles. The molecule has 4 atom stereocenters. The van der Waals surface area contributed by atoms with E-state index in [2.05, 4.69) is 0 Å². The van der Waals surface area contributed by atoms with Crippen LogP contribution in [-0.2, 0) is 33.1 Å². The first-order chi connectivity index (χ1) is 13.9. The zero-order valence-electron chi connectivity index (χ0n) is 15.7. The van der Waals surface area contributed by atoms with E-state index < -0.39 is 36.5 Å². The van der Waals surface area contributed by atoms with Crippen LogP contribution in [-0.4, -0.2) is 53.1 Å². The monoisotopic (exact) mass is 420 g/mol. The predicted octanol–water partition coefficient (Wildman–Crippen LogP) is 1.30. The van der Waals surface area contributed by atoms with Crippen molar-refractivity contribution in [2.45, 2.75) is 37.1 Å². The SMILES string of the molecule is COc1ccc(Cc2cc3c(cc2Cl)COC32O[C@H](CO)C(O)C(=O)[C@@H]2O)cc1. The molecule has 4 rings (SSSR count). The number of rotatable bonds is 4. The molecule has 7 nitrogen and oxygen atoms in total. The normalized spacial score (nSPS) is 28.6. The van der Waals surface area contributed by atoms with Gasteiger partial charge in [-0.25, -0.2) is 0 Å². The van der Waals surface area contributed by atoms with Crippen molar-refractivity contribution in [3.05, 3.63) is 63.7 Å². The molecule has 0 radical (unpaired) electrons. The highest BCUT2D eigenvalue weighted by atomic mass is 35.5. The summed E-state index contributed by atoms with van der Waals surface area (Å²) < 4.78 is 16.6. The van der Waals surface area contributed by atoms with Gasteiger partial charge >= 0.3 is 0 Å². The van der Waals surface area contributed by atoms with Crippen molar-refractivity contribution >= 4 is 17.4 Å². The molecule has 0 amide bonds. The number of carbonyl (C=O) groups is 1. The fourth-order valence-electron chi connectivity index (χ4n) is 3.81. The number of benzene rings is 2. The highest BCUT2D eigenvalue weighted by Crippen LogP contribution is 2.46. The summed E-state index contributed by atoms with van der Waals surface area (Å²) in [5, 5.41) is 30.5. The second-order valence-corrected chi connectivity index (χ2v) is 7.58. The van der Waals surface area contributed by atoms with Gasteiger partial charge in [0.25, 0.3) is 0 Å². The summed E-state index contributed by atoms with van der Waals surface area (Å²) in [6.07, 6.45) is -4.05. The molecular weight excluding hydrogens is 400 g/mol. The number of ether oxygens (including phenoxy) is 3. The number of hydrogen-bond acceptors (Lipinski definition) is 7. The third-order valence-electron chi connectivity index (χ3n) is 5.42. The third kappa shape index (κ3) is 3.34. The van der Waals surface area contributed by atoms with Gasteiger partial charge in [-0.2, -0.15) is 0 Å². The number of ketones is 1. The Kier molecular flexibility index (Phi) is 5.37. The van der Waals surface area contributed by atoms with Crippen LogP contribution in [0.2, 0.25) is 5.02 Å². The summed E-state index contributed by atoms with van der Waals surface area (Å²) >= 11 is 6.46. The maximum Gasteiger partial charge on any atom is 0.230 e. The number of aliphatic hydroxyl groups is 3. The van der Waals surface area contributed by atoms with Gasteiger partial charge in [0.05, 0.1) is 20.3 Å². The Bertz CT molecular complexity index is 929. The maximum absolute atomic E-state index is 12.4. The molecule has 154 valence electrons. The first kappa shape index (κ1) is 20.3. The van der Waals surface area contributed by atoms with Crippen molar-refractivity contribution in [1.82, 2.24) is 0 Å². The van der Waals surface area contributed by atoms with E-state index >= 15 is 0 Å². The van der Waals surface area contributed by atoms with E-state index in [0.29, 0.717) is 22.6 Å². The lowest BCUT2D eigenvalue weighted by Gasteiger charge is -2.42. The van der Waals surface area contributed by atoms with Crippen molar-refractivity contribution in [1.29, 1.82) is 0 Å². The van der Waals surface area contributed by atoms with Crippen molar-refractivity contribution < 1.29 is 34.3 Å². The van der Waals surface area contributed by atoms with E-state index in [-0.39, 0.29) is 6.61 Å². The van der Waals surface area contributed by atoms with Crippen molar-refractivity contribution in [2.24, 2.45) is 0 Å². The average molecular weight is 421 g/mol. The highest BCUT2D eigenvalue weighted by Gasteiger charge is 2.58. The van der Waals surface area contributed by atoms with Crippen LogP contribution in [0, 0.1) is 0 Å². The smallest absolute Gasteiger partial charge is 0.230 e. The topological polar surface area (TPSA) is 105 Å². The molecule has 0 aromatic heterocycles. The van der Waals surface area contributed by atoms with Gasteiger partial charge in [-0.15, -0.1) is 0 Å². The van der Waals surface area contributed by atoms with Crippen LogP contribution < -0.4 is 4.74 Å². The Hall–Kier alpha value is -2.00. The Morgan fingerprint density at radius 3 is 2.62 bits per heavy atom. The summed E-state index contributed by atoms with van der Waals surface area (Å²) in [6, 6.07) is 11.0. The number of carbonyl (C=O) groups excluding carboxylic acids is 1. The molecule has 2 aromatic rings. The third-order valence-corrected chi connectivity index (χ3v) is 5.77. The van der Waals surface area contributed by atoms with Crippen LogP contribution in [0.4, 0.5) is 0 Å². The number of fused-ring (bicyclic) bond motifs is 2. The van der Waals surface area contributed by atoms with Crippen LogP contribution >= 0.6 is 11.6 Å². The van der Waals surface area contributed by atoms with E-state index in [1.807, 2.05) is 24.3 Å². The quantitative estimate of drug-likeness (QED) is 0.684. The van der Waals surface area contributed by atoms with Gasteiger partial charge in [-0.05, 0) is 47.4 Å². The standard InChI is InChI=1S/C21H21ClO7/c1-27-14-4-2-11(3-5-14)6-12-7-15-13(8-16(12)22)10-28-21(15)20(26)19(25)18(24)17(9-23)29-21/h2-5,7-8,17-18,20,23-24,26H,6,9-10H2,1H3/t17-,18?,20+,21?/m1/s1. The lowest BCUT2D eigenvalue weighted by Crippen LogP contribution is -2.61. The fourth-order valence-corrected chi connectivity index (χ4v) is 4.06. The molecule has 2 unspecified atom stereocenters. The van der Waals surface area contributed by atoms with Gasteiger partial charge in [0.2, 0.25) is 5.79 Å². The zero-order chi connectivity index (χ0) is 20.8. The summed E-state index contributed by atoms with van der Waals surface area (Å²) in [5.41, 5.74) is 2.89. The number of halogens is 1. The zero-order valence-corrected chi connectivity index (χ0v) is 16.4. The van der Waals surface area contributed by atoms with E-state index in [4.69, 9.17) is 25.8 Å². The Morgan fingerprint density at radius 2 is 1.97 bits per heavy atom. The number of Topliss-reactive ketones (excluding diaryl/α,β-unsaturated/α-hetero) is 1. The van der Waals surface area contributed by atoms with Crippen LogP contribution in [0.15, 0.2) is 36.4 Å². The van der Waals surface area contributed by atoms with Crippen molar-refractivity contribution in [3.63, 3.8) is 0 Å². The molecule has 2 aromatic carbocycles. The molecule has 3 N–H and O–H groups in total. The minimum atomic E-state index is -1.78. The molecule has 29 heavy (non-hydrogen) atoms. The molecule has 2 aliphatic rings. The van der Waals surface area contributed by atoms with E-state index in [9.17, 15) is 20.1 Å². The van der Waals surface area contributed by atoms with Gasteiger partial charge in [-0.1, -0.05) is 23.7 Å². The first-order valence-corrected chi connectivity index (χ1v) is 9.54. The van der Waals surface area contributed by atoms with Gasteiger partial charge in [0.15, 0.2) is 11.9 Å². The highest BCUT2D eigenvalue weighted by molar-refractivity contribution is 6.31. The van der Waals surface area contributed by atoms with Gasteiger partial charge in [0.1, 0.15) is 18.0 Å². The molecule has 8 heteroatoms. The van der Waals surface area contributed by atoms with Crippen LogP contribution in [0.5, 0.6) is 5.75 Å². The van der Waals surface area contributed by atoms with Crippen LogP contribution in [0.3, 0.4) is 0 Å². The lowest BCUT2D eigenvalue weighted by molar-refractivity contribution is -0.327. The second-order valence-electron chi connectivity index (χ2n) is 7.17. The van der Waals surface area contributed by atoms with Crippen LogP contribution in [0.25, 0.3) is 0 Å². The molecule has 1 spiro atoms. The largest absolute Gasteiger partial charge is 0.497 e. The minimum Gasteiger partial charge on any atom is -0.497 e. The summed E-state index contributed by atoms with van der Waals surface area (Å²) in [6.45, 7) is -0.511. The molecule has 1 saturated heterocycles. The molecule has 1 fully saturated rings. The average Bonchev–Trinajstić information content (AvgIpc) is 3.08. The molecule has 2 aliphatic heterocycles. The molecule has 2 heterocycles. The molecule has 0 bridgehead atoms. The second kappa shape index (κ2) is 7.68. The summed E-state index contributed by atoms with van der Waals surface area (Å²) in [4.78, 5) is 12.4. The summed E-state index contributed by atoms with van der Waals surface area (Å²) in [7, 11) is 1.60. The van der Waals surface area contributed by atoms with E-state index in [0.717, 1.165) is 16.9 Å². The first-order valence-electron chi connectivity index (χ1n) is 9.17. The van der Waals surface area contributed by atoms with Crippen molar-refractivity contribution in [2.75, 3.05) is 13.7 Å². The lowest BCUT2D eigenvalue weighted by atomic mass is 9.87. The maximum atomic E-state index is 12.4. The van der Waals surface area contributed by atoms with Gasteiger partial charge < -0.3 is 29.5 Å². The van der Waals surface area contributed by atoms with Crippen LogP contribution in [0.1, 0.15) is 22.3 Å². The summed E-state index contributed by atoms with van der Waals surface area (Å²) in [5.74, 6) is -1.89. The van der Waals surface area contributed by atoms with Crippen molar-refractivity contribution in [3.8, 4) is 5.75 Å². The number of aliphatic hydroxyl groups excluding tert-OH is 3. The van der Waals surface area contributed by atoms with E-state index in [1.165, 1.54) is 0 Å². The minimum absolute atomic E-state index is 0.0798. The number of hydrogen-bond donors (Lipinski definition) is 3. The van der Waals surface area contributed by atoms with Gasteiger partial charge in [-0.3, -0.25) is 4.79 Å². The Labute approximate surface area is 172 Å². The number of methoxy groups -OCH3 is 1.